The van der Waals surface area contributed by atoms with E-state index in [-0.39, 0.29) is 18.0 Å². The molecule has 17 heavy (non-hydrogen) atoms. The standard InChI is InChI=1S/C12H10N2O3/c15-6-5-13-12(17)10-7-14-11(16)9-4-2-1-3-8(9)10/h1-4,6-7H,5H2,(H,13,17)(H,14,16). The Kier molecular flexibility index (Phi) is 3.00. The van der Waals surface area contributed by atoms with Crippen LogP contribution in [-0.4, -0.2) is 23.7 Å². The Morgan fingerprint density at radius 1 is 1.29 bits per heavy atom. The summed E-state index contributed by atoms with van der Waals surface area (Å²) in [7, 11) is 0. The van der Waals surface area contributed by atoms with Crippen LogP contribution >= 0.6 is 0 Å². The lowest BCUT2D eigenvalue weighted by Crippen LogP contribution is -2.26. The van der Waals surface area contributed by atoms with Crippen LogP contribution in [0.2, 0.25) is 0 Å². The van der Waals surface area contributed by atoms with Gasteiger partial charge in [0.25, 0.3) is 11.5 Å². The van der Waals surface area contributed by atoms with Gasteiger partial charge < -0.3 is 15.1 Å². The predicted octanol–water partition coefficient (Wildman–Crippen LogP) is 0.457. The lowest BCUT2D eigenvalue weighted by atomic mass is 10.1. The molecule has 0 aliphatic carbocycles. The lowest BCUT2D eigenvalue weighted by molar-refractivity contribution is -0.107. The highest BCUT2D eigenvalue weighted by Gasteiger charge is 2.10. The number of aromatic amines is 1. The second kappa shape index (κ2) is 4.61. The number of aldehydes is 1. The van der Waals surface area contributed by atoms with Gasteiger partial charge in [-0.1, -0.05) is 18.2 Å². The Morgan fingerprint density at radius 2 is 2.00 bits per heavy atom. The SMILES string of the molecule is O=CCNC(=O)c1c[nH]c(=O)c2ccccc12. The van der Waals surface area contributed by atoms with Crippen molar-refractivity contribution in [1.29, 1.82) is 0 Å². The molecule has 1 aromatic heterocycles. The lowest BCUT2D eigenvalue weighted by Gasteiger charge is -2.05. The van der Waals surface area contributed by atoms with Gasteiger partial charge in [-0.25, -0.2) is 0 Å². The third-order valence-electron chi connectivity index (χ3n) is 2.40. The zero-order valence-electron chi connectivity index (χ0n) is 8.90. The molecule has 1 heterocycles. The molecule has 0 saturated carbocycles. The molecular formula is C12H10N2O3. The molecule has 1 amide bonds. The Hall–Kier alpha value is -2.43. The molecule has 0 radical (unpaired) electrons. The van der Waals surface area contributed by atoms with E-state index in [2.05, 4.69) is 10.3 Å². The van der Waals surface area contributed by atoms with E-state index in [0.717, 1.165) is 0 Å². The van der Waals surface area contributed by atoms with Crippen molar-refractivity contribution in [2.75, 3.05) is 6.54 Å². The Bertz CT molecular complexity index is 631. The summed E-state index contributed by atoms with van der Waals surface area (Å²) in [6, 6.07) is 6.81. The fourth-order valence-corrected chi connectivity index (χ4v) is 1.63. The first-order valence-electron chi connectivity index (χ1n) is 5.06. The highest BCUT2D eigenvalue weighted by Crippen LogP contribution is 2.13. The number of hydrogen-bond acceptors (Lipinski definition) is 3. The maximum absolute atomic E-state index is 11.7. The van der Waals surface area contributed by atoms with E-state index >= 15 is 0 Å². The van der Waals surface area contributed by atoms with Crippen LogP contribution in [0.4, 0.5) is 0 Å². The van der Waals surface area contributed by atoms with Crippen LogP contribution < -0.4 is 10.9 Å². The summed E-state index contributed by atoms with van der Waals surface area (Å²) in [5.74, 6) is -0.385. The number of pyridine rings is 1. The molecular weight excluding hydrogens is 220 g/mol. The van der Waals surface area contributed by atoms with Gasteiger partial charge in [0.05, 0.1) is 12.1 Å². The third-order valence-corrected chi connectivity index (χ3v) is 2.40. The highest BCUT2D eigenvalue weighted by molar-refractivity contribution is 6.06. The number of amides is 1. The summed E-state index contributed by atoms with van der Waals surface area (Å²) in [4.78, 5) is 35.9. The fourth-order valence-electron chi connectivity index (χ4n) is 1.63. The van der Waals surface area contributed by atoms with Gasteiger partial charge >= 0.3 is 0 Å². The molecule has 86 valence electrons. The first-order valence-corrected chi connectivity index (χ1v) is 5.06. The molecule has 2 rings (SSSR count). The summed E-state index contributed by atoms with van der Waals surface area (Å²) >= 11 is 0. The molecule has 0 bridgehead atoms. The van der Waals surface area contributed by atoms with Crippen LogP contribution in [-0.2, 0) is 4.79 Å². The van der Waals surface area contributed by atoms with Gasteiger partial charge in [-0.15, -0.1) is 0 Å². The molecule has 0 atom stereocenters. The molecule has 5 nitrogen and oxygen atoms in total. The molecule has 1 aromatic carbocycles. The third kappa shape index (κ3) is 2.08. The number of benzene rings is 1. The van der Waals surface area contributed by atoms with Crippen molar-refractivity contribution in [2.45, 2.75) is 0 Å². The molecule has 0 unspecified atom stereocenters. The van der Waals surface area contributed by atoms with Crippen LogP contribution in [0.1, 0.15) is 10.4 Å². The highest BCUT2D eigenvalue weighted by atomic mass is 16.2. The van der Waals surface area contributed by atoms with Crippen molar-refractivity contribution < 1.29 is 9.59 Å². The first-order chi connectivity index (χ1) is 8.24. The molecule has 0 saturated heterocycles. The number of H-pyrrole nitrogens is 1. The van der Waals surface area contributed by atoms with Gasteiger partial charge in [-0.2, -0.15) is 0 Å². The van der Waals surface area contributed by atoms with Gasteiger partial charge in [-0.3, -0.25) is 9.59 Å². The van der Waals surface area contributed by atoms with Gasteiger partial charge in [0.2, 0.25) is 0 Å². The van der Waals surface area contributed by atoms with Crippen LogP contribution in [0, 0.1) is 0 Å². The Morgan fingerprint density at radius 3 is 2.71 bits per heavy atom. The number of carbonyl (C=O) groups excluding carboxylic acids is 2. The average molecular weight is 230 g/mol. The number of nitrogens with one attached hydrogen (secondary N) is 2. The molecule has 0 aliphatic heterocycles. The largest absolute Gasteiger partial charge is 0.345 e. The van der Waals surface area contributed by atoms with E-state index in [1.807, 2.05) is 0 Å². The van der Waals surface area contributed by atoms with Crippen molar-refractivity contribution in [3.8, 4) is 0 Å². The van der Waals surface area contributed by atoms with Crippen LogP contribution in [0.3, 0.4) is 0 Å². The normalized spacial score (nSPS) is 10.1. The van der Waals surface area contributed by atoms with Crippen molar-refractivity contribution in [1.82, 2.24) is 10.3 Å². The topological polar surface area (TPSA) is 79.0 Å². The summed E-state index contributed by atoms with van der Waals surface area (Å²) < 4.78 is 0. The summed E-state index contributed by atoms with van der Waals surface area (Å²) in [5.41, 5.74) is 0.106. The van der Waals surface area contributed by atoms with E-state index in [0.29, 0.717) is 22.6 Å². The zero-order valence-corrected chi connectivity index (χ0v) is 8.90. The summed E-state index contributed by atoms with van der Waals surface area (Å²) in [6.45, 7) is -0.0493. The molecule has 0 aliphatic rings. The monoisotopic (exact) mass is 230 g/mol. The number of hydrogen-bond donors (Lipinski definition) is 2. The number of fused-ring (bicyclic) bond motifs is 1. The Labute approximate surface area is 96.5 Å². The van der Waals surface area contributed by atoms with Gasteiger partial charge in [-0.05, 0) is 6.07 Å². The van der Waals surface area contributed by atoms with E-state index in [1.54, 1.807) is 24.3 Å². The second-order valence-electron chi connectivity index (χ2n) is 3.45. The van der Waals surface area contributed by atoms with E-state index < -0.39 is 0 Å². The number of aromatic nitrogens is 1. The van der Waals surface area contributed by atoms with Gasteiger partial charge in [0.1, 0.15) is 6.29 Å². The minimum absolute atomic E-state index is 0.0493. The average Bonchev–Trinajstić information content (AvgIpc) is 2.37. The number of rotatable bonds is 3. The van der Waals surface area contributed by atoms with Crippen molar-refractivity contribution in [3.05, 3.63) is 46.4 Å². The zero-order chi connectivity index (χ0) is 12.3. The van der Waals surface area contributed by atoms with Crippen molar-refractivity contribution >= 4 is 23.0 Å². The van der Waals surface area contributed by atoms with Crippen LogP contribution in [0.25, 0.3) is 10.8 Å². The summed E-state index contributed by atoms with van der Waals surface area (Å²) in [6.07, 6.45) is 1.95. The van der Waals surface area contributed by atoms with E-state index in [9.17, 15) is 14.4 Å². The van der Waals surface area contributed by atoms with Gasteiger partial charge in [0, 0.05) is 17.0 Å². The Balaban J connectivity index is 2.55. The van der Waals surface area contributed by atoms with Crippen LogP contribution in [0.5, 0.6) is 0 Å². The minimum Gasteiger partial charge on any atom is -0.345 e. The van der Waals surface area contributed by atoms with Gasteiger partial charge in [0.15, 0.2) is 0 Å². The second-order valence-corrected chi connectivity index (χ2v) is 3.45. The smallest absolute Gasteiger partial charge is 0.255 e. The first kappa shape index (κ1) is 11.1. The maximum atomic E-state index is 11.7. The minimum atomic E-state index is -0.385. The van der Waals surface area contributed by atoms with Crippen molar-refractivity contribution in [3.63, 3.8) is 0 Å². The molecule has 2 aromatic rings. The van der Waals surface area contributed by atoms with E-state index in [4.69, 9.17) is 0 Å². The van der Waals surface area contributed by atoms with Crippen molar-refractivity contribution in [2.24, 2.45) is 0 Å². The van der Waals surface area contributed by atoms with Crippen LogP contribution in [0.15, 0.2) is 35.3 Å². The van der Waals surface area contributed by atoms with E-state index in [1.165, 1.54) is 6.20 Å². The molecule has 5 heteroatoms. The summed E-state index contributed by atoms with van der Waals surface area (Å²) in [5, 5.41) is 3.45. The number of carbonyl (C=O) groups is 2. The molecule has 0 fully saturated rings. The molecule has 0 spiro atoms. The maximum Gasteiger partial charge on any atom is 0.255 e. The fraction of sp³-hybridized carbons (Fsp3) is 0.0833. The molecule has 2 N–H and O–H groups in total. The predicted molar refractivity (Wildman–Crippen MR) is 63.0 cm³/mol. The quantitative estimate of drug-likeness (QED) is 0.752.